The maximum absolute atomic E-state index is 4.25. The van der Waals surface area contributed by atoms with Gasteiger partial charge in [0, 0.05) is 6.04 Å². The van der Waals surface area contributed by atoms with E-state index in [2.05, 4.69) is 45.3 Å². The zero-order valence-corrected chi connectivity index (χ0v) is 12.6. The predicted molar refractivity (Wildman–Crippen MR) is 84.0 cm³/mol. The minimum atomic E-state index is 0.622. The summed E-state index contributed by atoms with van der Waals surface area (Å²) in [6, 6.07) is 11.4. The number of nitrogens with zero attached hydrogens (tertiary/aromatic N) is 4. The molecule has 0 amide bonds. The Morgan fingerprint density at radius 3 is 2.86 bits per heavy atom. The van der Waals surface area contributed by atoms with Gasteiger partial charge in [-0.05, 0) is 44.3 Å². The zero-order chi connectivity index (χ0) is 14.3. The molecule has 4 heteroatoms. The molecule has 21 heavy (non-hydrogen) atoms. The van der Waals surface area contributed by atoms with Crippen LogP contribution in [0.3, 0.4) is 0 Å². The number of aryl methyl sites for hydroxylation is 1. The Balaban J connectivity index is 1.50. The molecule has 0 unspecified atom stereocenters. The zero-order valence-electron chi connectivity index (χ0n) is 12.6. The molecule has 112 valence electrons. The second kappa shape index (κ2) is 7.36. The highest BCUT2D eigenvalue weighted by molar-refractivity contribution is 5.14. The van der Waals surface area contributed by atoms with Gasteiger partial charge in [-0.2, -0.15) is 5.10 Å². The molecular formula is C17H24N4. The van der Waals surface area contributed by atoms with Gasteiger partial charge in [-0.1, -0.05) is 36.8 Å². The largest absolute Gasteiger partial charge is 0.299 e. The summed E-state index contributed by atoms with van der Waals surface area (Å²) in [5, 5.41) is 4.25. The summed E-state index contributed by atoms with van der Waals surface area (Å²) in [5.74, 6) is 0. The second-order valence-corrected chi connectivity index (χ2v) is 5.89. The topological polar surface area (TPSA) is 34.0 Å². The third kappa shape index (κ3) is 4.14. The summed E-state index contributed by atoms with van der Waals surface area (Å²) in [4.78, 5) is 6.69. The summed E-state index contributed by atoms with van der Waals surface area (Å²) in [6.45, 7) is 3.40. The molecule has 2 heterocycles. The van der Waals surface area contributed by atoms with Gasteiger partial charge in [0.05, 0.1) is 6.54 Å². The Hall–Kier alpha value is -1.68. The van der Waals surface area contributed by atoms with E-state index < -0.39 is 0 Å². The summed E-state index contributed by atoms with van der Waals surface area (Å²) in [7, 11) is 0. The average molecular weight is 284 g/mol. The van der Waals surface area contributed by atoms with E-state index in [1.807, 2.05) is 11.0 Å². The van der Waals surface area contributed by atoms with Crippen molar-refractivity contribution in [3.63, 3.8) is 0 Å². The lowest BCUT2D eigenvalue weighted by Gasteiger charge is -2.35. The van der Waals surface area contributed by atoms with E-state index in [0.29, 0.717) is 6.04 Å². The van der Waals surface area contributed by atoms with Crippen LogP contribution in [0.2, 0.25) is 0 Å². The molecule has 1 fully saturated rings. The van der Waals surface area contributed by atoms with Crippen LogP contribution in [0.1, 0.15) is 31.2 Å². The summed E-state index contributed by atoms with van der Waals surface area (Å²) < 4.78 is 1.97. The highest BCUT2D eigenvalue weighted by atomic mass is 15.3. The molecule has 1 aliphatic rings. The van der Waals surface area contributed by atoms with Crippen LogP contribution in [-0.2, 0) is 13.0 Å². The van der Waals surface area contributed by atoms with Gasteiger partial charge in [0.2, 0.25) is 0 Å². The number of piperidine rings is 1. The van der Waals surface area contributed by atoms with E-state index in [-0.39, 0.29) is 0 Å². The normalized spacial score (nSPS) is 19.7. The van der Waals surface area contributed by atoms with Gasteiger partial charge in [-0.15, -0.1) is 0 Å². The van der Waals surface area contributed by atoms with Gasteiger partial charge >= 0.3 is 0 Å². The smallest absolute Gasteiger partial charge is 0.137 e. The first-order chi connectivity index (χ1) is 10.4. The monoisotopic (exact) mass is 284 g/mol. The number of likely N-dealkylation sites (tertiary alicyclic amines) is 1. The molecule has 0 N–H and O–H groups in total. The fraction of sp³-hybridized carbons (Fsp3) is 0.529. The van der Waals surface area contributed by atoms with Gasteiger partial charge < -0.3 is 0 Å². The van der Waals surface area contributed by atoms with Gasteiger partial charge in [-0.25, -0.2) is 4.98 Å². The quantitative estimate of drug-likeness (QED) is 0.818. The minimum Gasteiger partial charge on any atom is -0.299 e. The van der Waals surface area contributed by atoms with Crippen molar-refractivity contribution in [2.45, 2.75) is 44.7 Å². The van der Waals surface area contributed by atoms with Gasteiger partial charge in [0.1, 0.15) is 12.7 Å². The van der Waals surface area contributed by atoms with Crippen molar-refractivity contribution in [3.05, 3.63) is 48.5 Å². The SMILES string of the molecule is c1ccc(CCCN2CCCC[C@@H]2Cn2cncn2)cc1. The van der Waals surface area contributed by atoms with Crippen LogP contribution in [0.5, 0.6) is 0 Å². The van der Waals surface area contributed by atoms with E-state index in [0.717, 1.165) is 6.54 Å². The molecule has 1 saturated heterocycles. The Kier molecular flexibility index (Phi) is 5.00. The third-order valence-corrected chi connectivity index (χ3v) is 4.37. The number of benzene rings is 1. The van der Waals surface area contributed by atoms with Crippen molar-refractivity contribution in [1.82, 2.24) is 19.7 Å². The van der Waals surface area contributed by atoms with E-state index in [4.69, 9.17) is 0 Å². The Bertz CT molecular complexity index is 509. The Morgan fingerprint density at radius 1 is 1.14 bits per heavy atom. The predicted octanol–water partition coefficient (Wildman–Crippen LogP) is 2.77. The molecule has 2 aromatic rings. The van der Waals surface area contributed by atoms with Crippen molar-refractivity contribution in [2.75, 3.05) is 13.1 Å². The maximum Gasteiger partial charge on any atom is 0.137 e. The summed E-state index contributed by atoms with van der Waals surface area (Å²) in [6.07, 6.45) is 9.82. The van der Waals surface area contributed by atoms with Crippen LogP contribution < -0.4 is 0 Å². The number of hydrogen-bond acceptors (Lipinski definition) is 3. The van der Waals surface area contributed by atoms with Gasteiger partial charge in [-0.3, -0.25) is 9.58 Å². The summed E-state index contributed by atoms with van der Waals surface area (Å²) >= 11 is 0. The number of hydrogen-bond donors (Lipinski definition) is 0. The van der Waals surface area contributed by atoms with Gasteiger partial charge in [0.25, 0.3) is 0 Å². The fourth-order valence-electron chi connectivity index (χ4n) is 3.24. The molecule has 3 rings (SSSR count). The molecular weight excluding hydrogens is 260 g/mol. The Morgan fingerprint density at radius 2 is 2.05 bits per heavy atom. The van der Waals surface area contributed by atoms with Crippen LogP contribution in [0.4, 0.5) is 0 Å². The number of rotatable bonds is 6. The van der Waals surface area contributed by atoms with Crippen molar-refractivity contribution < 1.29 is 0 Å². The van der Waals surface area contributed by atoms with E-state index in [9.17, 15) is 0 Å². The van der Waals surface area contributed by atoms with Crippen molar-refractivity contribution >= 4 is 0 Å². The molecule has 0 saturated carbocycles. The molecule has 0 aliphatic carbocycles. The van der Waals surface area contributed by atoms with Crippen molar-refractivity contribution in [2.24, 2.45) is 0 Å². The maximum atomic E-state index is 4.25. The first-order valence-electron chi connectivity index (χ1n) is 8.02. The molecule has 1 aromatic carbocycles. The third-order valence-electron chi connectivity index (χ3n) is 4.37. The lowest BCUT2D eigenvalue weighted by atomic mass is 10.0. The first kappa shape index (κ1) is 14.3. The highest BCUT2D eigenvalue weighted by Crippen LogP contribution is 2.19. The average Bonchev–Trinajstić information content (AvgIpc) is 3.03. The van der Waals surface area contributed by atoms with Crippen molar-refractivity contribution in [3.8, 4) is 0 Å². The molecule has 0 spiro atoms. The van der Waals surface area contributed by atoms with E-state index in [1.165, 1.54) is 50.8 Å². The first-order valence-corrected chi connectivity index (χ1v) is 8.02. The van der Waals surface area contributed by atoms with Crippen LogP contribution in [-0.4, -0.2) is 38.8 Å². The van der Waals surface area contributed by atoms with Crippen LogP contribution in [0.15, 0.2) is 43.0 Å². The van der Waals surface area contributed by atoms with Crippen LogP contribution >= 0.6 is 0 Å². The second-order valence-electron chi connectivity index (χ2n) is 5.89. The fourth-order valence-corrected chi connectivity index (χ4v) is 3.24. The molecule has 1 atom stereocenters. The minimum absolute atomic E-state index is 0.622. The van der Waals surface area contributed by atoms with E-state index >= 15 is 0 Å². The number of aromatic nitrogens is 3. The summed E-state index contributed by atoms with van der Waals surface area (Å²) in [5.41, 5.74) is 1.45. The van der Waals surface area contributed by atoms with E-state index in [1.54, 1.807) is 6.33 Å². The molecule has 1 aromatic heterocycles. The van der Waals surface area contributed by atoms with Crippen molar-refractivity contribution in [1.29, 1.82) is 0 Å². The van der Waals surface area contributed by atoms with Gasteiger partial charge in [0.15, 0.2) is 0 Å². The molecule has 0 bridgehead atoms. The standard InChI is InChI=1S/C17H24N4/c1-2-7-16(8-3-1)9-6-12-20-11-5-4-10-17(20)13-21-15-18-14-19-21/h1-3,7-8,14-15,17H,4-6,9-13H2/t17-/m1/s1. The highest BCUT2D eigenvalue weighted by Gasteiger charge is 2.22. The lowest BCUT2D eigenvalue weighted by molar-refractivity contribution is 0.128. The molecule has 1 aliphatic heterocycles. The Labute approximate surface area is 126 Å². The molecule has 0 radical (unpaired) electrons. The molecule has 4 nitrogen and oxygen atoms in total. The lowest BCUT2D eigenvalue weighted by Crippen LogP contribution is -2.42. The van der Waals surface area contributed by atoms with Crippen LogP contribution in [0, 0.1) is 0 Å². The van der Waals surface area contributed by atoms with Crippen LogP contribution in [0.25, 0.3) is 0 Å².